The Morgan fingerprint density at radius 3 is 2.80 bits per heavy atom. The first-order chi connectivity index (χ1) is 14.3. The fraction of sp³-hybridized carbons (Fsp3) is 0.500. The van der Waals surface area contributed by atoms with Gasteiger partial charge >= 0.3 is 0 Å². The molecule has 0 saturated carbocycles. The number of nitrogens with zero attached hydrogens (tertiary/aromatic N) is 7. The molecule has 1 aliphatic heterocycles. The van der Waals surface area contributed by atoms with Crippen LogP contribution in [0.5, 0.6) is 0 Å². The van der Waals surface area contributed by atoms with E-state index in [2.05, 4.69) is 25.0 Å². The summed E-state index contributed by atoms with van der Waals surface area (Å²) >= 11 is 0. The van der Waals surface area contributed by atoms with Crippen molar-refractivity contribution in [1.29, 1.82) is 0 Å². The molecule has 1 amide bonds. The third-order valence-corrected chi connectivity index (χ3v) is 5.46. The van der Waals surface area contributed by atoms with Crippen LogP contribution in [0.4, 0.5) is 5.95 Å². The largest absolute Gasteiger partial charge is 0.347 e. The highest BCUT2D eigenvalue weighted by Crippen LogP contribution is 2.26. The number of hydrogen-bond acceptors (Lipinski definition) is 7. The molecule has 10 nitrogen and oxygen atoms in total. The average Bonchev–Trinajstić information content (AvgIpc) is 3.04. The van der Waals surface area contributed by atoms with Crippen molar-refractivity contribution in [2.45, 2.75) is 39.2 Å². The van der Waals surface area contributed by atoms with E-state index in [4.69, 9.17) is 0 Å². The second kappa shape index (κ2) is 7.85. The Bertz CT molecular complexity index is 1150. The van der Waals surface area contributed by atoms with E-state index < -0.39 is 0 Å². The molecule has 0 radical (unpaired) electrons. The van der Waals surface area contributed by atoms with E-state index in [9.17, 15) is 9.59 Å². The van der Waals surface area contributed by atoms with Gasteiger partial charge < -0.3 is 14.8 Å². The summed E-state index contributed by atoms with van der Waals surface area (Å²) in [7, 11) is 3.72. The number of aromatic nitrogens is 6. The van der Waals surface area contributed by atoms with Gasteiger partial charge in [-0.1, -0.05) is 0 Å². The van der Waals surface area contributed by atoms with Crippen molar-refractivity contribution in [2.24, 2.45) is 0 Å². The molecule has 1 aliphatic rings. The van der Waals surface area contributed by atoms with Gasteiger partial charge in [-0.15, -0.1) is 0 Å². The maximum absolute atomic E-state index is 12.8. The highest BCUT2D eigenvalue weighted by Gasteiger charge is 2.26. The summed E-state index contributed by atoms with van der Waals surface area (Å²) in [5.41, 5.74) is 1.22. The minimum Gasteiger partial charge on any atom is -0.347 e. The van der Waals surface area contributed by atoms with E-state index in [1.807, 2.05) is 38.9 Å². The van der Waals surface area contributed by atoms with Gasteiger partial charge in [-0.05, 0) is 32.8 Å². The molecule has 30 heavy (non-hydrogen) atoms. The molecule has 158 valence electrons. The number of amides is 1. The molecule has 0 aliphatic carbocycles. The van der Waals surface area contributed by atoms with Crippen LogP contribution < -0.4 is 10.5 Å². The van der Waals surface area contributed by atoms with Crippen molar-refractivity contribution < 1.29 is 4.79 Å². The third kappa shape index (κ3) is 3.89. The lowest BCUT2D eigenvalue weighted by atomic mass is 9.94. The maximum atomic E-state index is 12.8. The van der Waals surface area contributed by atoms with Crippen LogP contribution in [0.1, 0.15) is 36.1 Å². The zero-order valence-electron chi connectivity index (χ0n) is 17.7. The van der Waals surface area contributed by atoms with Gasteiger partial charge in [-0.2, -0.15) is 5.10 Å². The molecule has 1 saturated heterocycles. The number of piperidine rings is 1. The third-order valence-electron chi connectivity index (χ3n) is 5.46. The van der Waals surface area contributed by atoms with Crippen molar-refractivity contribution in [3.05, 3.63) is 40.0 Å². The van der Waals surface area contributed by atoms with E-state index in [0.717, 1.165) is 24.4 Å². The quantitative estimate of drug-likeness (QED) is 0.683. The Labute approximate surface area is 174 Å². The predicted molar refractivity (Wildman–Crippen MR) is 113 cm³/mol. The molecule has 0 spiro atoms. The van der Waals surface area contributed by atoms with Gasteiger partial charge in [-0.25, -0.2) is 19.6 Å². The lowest BCUT2D eigenvalue weighted by molar-refractivity contribution is -0.133. The number of carbonyl (C=O) groups is 1. The van der Waals surface area contributed by atoms with Crippen LogP contribution in [0, 0.1) is 13.8 Å². The number of likely N-dealkylation sites (tertiary alicyclic amines) is 1. The number of anilines is 1. The summed E-state index contributed by atoms with van der Waals surface area (Å²) in [6.45, 7) is 5.08. The first-order valence-corrected chi connectivity index (χ1v) is 10.0. The zero-order valence-corrected chi connectivity index (χ0v) is 17.7. The summed E-state index contributed by atoms with van der Waals surface area (Å²) in [4.78, 5) is 45.0. The Hall–Kier alpha value is -3.30. The summed E-state index contributed by atoms with van der Waals surface area (Å²) in [6.07, 6.45) is 3.33. The van der Waals surface area contributed by atoms with Gasteiger partial charge in [0.1, 0.15) is 18.2 Å². The SMILES string of the molecule is Cc1nc(C)n(CC(=O)N2CCC[C@@H](c3cc4nc(N(C)C)ncc4c(=O)[nH]3)C2)n1. The van der Waals surface area contributed by atoms with E-state index in [-0.39, 0.29) is 23.9 Å². The summed E-state index contributed by atoms with van der Waals surface area (Å²) in [6, 6.07) is 1.91. The van der Waals surface area contributed by atoms with Crippen LogP contribution in [0.2, 0.25) is 0 Å². The predicted octanol–water partition coefficient (Wildman–Crippen LogP) is 0.999. The van der Waals surface area contributed by atoms with E-state index >= 15 is 0 Å². The van der Waals surface area contributed by atoms with Crippen LogP contribution >= 0.6 is 0 Å². The maximum Gasteiger partial charge on any atom is 0.259 e. The first kappa shape index (κ1) is 20.0. The molecule has 3 aromatic heterocycles. The van der Waals surface area contributed by atoms with Crippen molar-refractivity contribution in [3.63, 3.8) is 0 Å². The molecule has 1 fully saturated rings. The van der Waals surface area contributed by atoms with Crippen molar-refractivity contribution >= 4 is 22.8 Å². The summed E-state index contributed by atoms with van der Waals surface area (Å²) in [5, 5.41) is 4.75. The molecule has 4 heterocycles. The smallest absolute Gasteiger partial charge is 0.259 e. The number of H-pyrrole nitrogens is 1. The molecule has 0 unspecified atom stereocenters. The highest BCUT2D eigenvalue weighted by molar-refractivity contribution is 5.78. The van der Waals surface area contributed by atoms with Gasteiger partial charge in [0.2, 0.25) is 11.9 Å². The molecule has 3 aromatic rings. The molecule has 10 heteroatoms. The number of rotatable bonds is 4. The van der Waals surface area contributed by atoms with Crippen molar-refractivity contribution in [2.75, 3.05) is 32.1 Å². The van der Waals surface area contributed by atoms with Crippen LogP contribution in [-0.4, -0.2) is 67.7 Å². The van der Waals surface area contributed by atoms with E-state index in [1.54, 1.807) is 15.8 Å². The topological polar surface area (TPSA) is 113 Å². The molecule has 1 N–H and O–H groups in total. The monoisotopic (exact) mass is 410 g/mol. The molecule has 0 aromatic carbocycles. The summed E-state index contributed by atoms with van der Waals surface area (Å²) < 4.78 is 1.64. The zero-order chi connectivity index (χ0) is 21.4. The van der Waals surface area contributed by atoms with Gasteiger partial charge in [0.15, 0.2) is 0 Å². The van der Waals surface area contributed by atoms with Crippen molar-refractivity contribution in [1.82, 2.24) is 34.6 Å². The fourth-order valence-corrected chi connectivity index (χ4v) is 3.88. The first-order valence-electron chi connectivity index (χ1n) is 10.0. The minimum absolute atomic E-state index is 0.00746. The van der Waals surface area contributed by atoms with Gasteiger partial charge in [-0.3, -0.25) is 9.59 Å². The molecular formula is C20H26N8O2. The Morgan fingerprint density at radius 2 is 2.10 bits per heavy atom. The molecular weight excluding hydrogens is 384 g/mol. The second-order valence-corrected chi connectivity index (χ2v) is 7.96. The number of pyridine rings is 1. The number of fused-ring (bicyclic) bond motifs is 1. The molecule has 4 rings (SSSR count). The number of hydrogen-bond donors (Lipinski definition) is 1. The number of aryl methyl sites for hydroxylation is 2. The van der Waals surface area contributed by atoms with Crippen LogP contribution in [0.3, 0.4) is 0 Å². The van der Waals surface area contributed by atoms with Gasteiger partial charge in [0.25, 0.3) is 5.56 Å². The van der Waals surface area contributed by atoms with Crippen LogP contribution in [0.25, 0.3) is 10.9 Å². The second-order valence-electron chi connectivity index (χ2n) is 7.96. The lowest BCUT2D eigenvalue weighted by Gasteiger charge is -2.33. The van der Waals surface area contributed by atoms with Crippen LogP contribution in [-0.2, 0) is 11.3 Å². The number of nitrogens with one attached hydrogen (secondary N) is 1. The van der Waals surface area contributed by atoms with Crippen LogP contribution in [0.15, 0.2) is 17.1 Å². The van der Waals surface area contributed by atoms with E-state index in [1.165, 1.54) is 0 Å². The van der Waals surface area contributed by atoms with Gasteiger partial charge in [0.05, 0.1) is 10.9 Å². The number of carbonyl (C=O) groups excluding carboxylic acids is 1. The highest BCUT2D eigenvalue weighted by atomic mass is 16.2. The van der Waals surface area contributed by atoms with Crippen molar-refractivity contribution in [3.8, 4) is 0 Å². The normalized spacial score (nSPS) is 16.8. The average molecular weight is 410 g/mol. The Balaban J connectivity index is 1.56. The Morgan fingerprint density at radius 1 is 1.30 bits per heavy atom. The van der Waals surface area contributed by atoms with Gasteiger partial charge in [0, 0.05) is 45.0 Å². The molecule has 0 bridgehead atoms. The Kier molecular flexibility index (Phi) is 5.23. The lowest BCUT2D eigenvalue weighted by Crippen LogP contribution is -2.41. The summed E-state index contributed by atoms with van der Waals surface area (Å²) in [5.74, 6) is 2.00. The molecule has 1 atom stereocenters. The number of aromatic amines is 1. The minimum atomic E-state index is -0.204. The fourth-order valence-electron chi connectivity index (χ4n) is 3.88. The standard InChI is InChI=1S/C20H26N8O2/c1-12-22-13(2)28(25-12)11-18(29)27-7-5-6-14(10-27)16-8-17-15(19(30)23-16)9-21-20(24-17)26(3)4/h8-9,14H,5-7,10-11H2,1-4H3,(H,23,30)/t14-/m1/s1. The van der Waals surface area contributed by atoms with E-state index in [0.29, 0.717) is 35.8 Å².